The summed E-state index contributed by atoms with van der Waals surface area (Å²) < 4.78 is 26.9. The number of anilines is 1. The van der Waals surface area contributed by atoms with Crippen LogP contribution >= 0.6 is 0 Å². The molecule has 1 aromatic rings. The third-order valence-electron chi connectivity index (χ3n) is 2.95. The lowest BCUT2D eigenvalue weighted by Gasteiger charge is -2.17. The molecule has 1 rings (SSSR count). The zero-order valence-corrected chi connectivity index (χ0v) is 11.8. The summed E-state index contributed by atoms with van der Waals surface area (Å²) in [6.07, 6.45) is 2.35. The highest BCUT2D eigenvalue weighted by Gasteiger charge is 2.22. The van der Waals surface area contributed by atoms with Crippen molar-refractivity contribution < 1.29 is 8.42 Å². The molecule has 0 aromatic heterocycles. The van der Waals surface area contributed by atoms with E-state index >= 15 is 0 Å². The summed E-state index contributed by atoms with van der Waals surface area (Å²) >= 11 is 0. The van der Waals surface area contributed by atoms with Gasteiger partial charge in [0.2, 0.25) is 10.0 Å². The predicted octanol–water partition coefficient (Wildman–Crippen LogP) is 2.12. The predicted molar refractivity (Wildman–Crippen MR) is 76.1 cm³/mol. The van der Waals surface area contributed by atoms with Crippen molar-refractivity contribution in [2.24, 2.45) is 5.73 Å². The molecule has 0 aliphatic carbocycles. The molecule has 102 valence electrons. The number of para-hydroxylation sites is 1. The van der Waals surface area contributed by atoms with E-state index in [9.17, 15) is 8.42 Å². The highest BCUT2D eigenvalue weighted by atomic mass is 32.2. The van der Waals surface area contributed by atoms with Crippen LogP contribution in [-0.4, -0.2) is 20.2 Å². The maximum Gasteiger partial charge on any atom is 0.236 e. The number of hydrogen-bond acceptors (Lipinski definition) is 3. The zero-order valence-electron chi connectivity index (χ0n) is 11.0. The molecule has 0 aliphatic rings. The Hall–Kier alpha value is -1.07. The first-order valence-electron chi connectivity index (χ1n) is 6.34. The summed E-state index contributed by atoms with van der Waals surface area (Å²) in [5.74, 6) is 0. The highest BCUT2D eigenvalue weighted by molar-refractivity contribution is 7.93. The second kappa shape index (κ2) is 6.75. The maximum atomic E-state index is 12.1. The Morgan fingerprint density at radius 1 is 1.28 bits per heavy atom. The van der Waals surface area contributed by atoms with Crippen LogP contribution in [0.3, 0.4) is 0 Å². The molecule has 0 bridgehead atoms. The molecule has 0 fully saturated rings. The van der Waals surface area contributed by atoms with E-state index in [2.05, 4.69) is 11.6 Å². The molecule has 5 heteroatoms. The van der Waals surface area contributed by atoms with E-state index in [1.165, 1.54) is 0 Å². The van der Waals surface area contributed by atoms with E-state index in [1.54, 1.807) is 6.07 Å². The van der Waals surface area contributed by atoms with Crippen molar-refractivity contribution in [1.29, 1.82) is 0 Å². The first kappa shape index (κ1) is 15.0. The maximum absolute atomic E-state index is 12.1. The molecule has 18 heavy (non-hydrogen) atoms. The van der Waals surface area contributed by atoms with Crippen LogP contribution in [0.5, 0.6) is 0 Å². The van der Waals surface area contributed by atoms with Gasteiger partial charge in [-0.15, -0.1) is 0 Å². The van der Waals surface area contributed by atoms with Crippen LogP contribution < -0.4 is 10.5 Å². The quantitative estimate of drug-likeness (QED) is 0.797. The van der Waals surface area contributed by atoms with E-state index in [4.69, 9.17) is 5.73 Å². The molecule has 1 atom stereocenters. The second-order valence-corrected chi connectivity index (χ2v) is 6.28. The minimum absolute atomic E-state index is 0.141. The fourth-order valence-electron chi connectivity index (χ4n) is 1.86. The van der Waals surface area contributed by atoms with Gasteiger partial charge in [-0.25, -0.2) is 8.42 Å². The van der Waals surface area contributed by atoms with Crippen LogP contribution in [-0.2, 0) is 16.4 Å². The average molecular weight is 270 g/mol. The topological polar surface area (TPSA) is 72.2 Å². The summed E-state index contributed by atoms with van der Waals surface area (Å²) in [5, 5.41) is -0.535. The molecule has 0 saturated heterocycles. The summed E-state index contributed by atoms with van der Waals surface area (Å²) in [7, 11) is -3.39. The monoisotopic (exact) mass is 270 g/mol. The van der Waals surface area contributed by atoms with E-state index in [0.717, 1.165) is 18.4 Å². The first-order chi connectivity index (χ1) is 8.55. The number of hydrogen-bond donors (Lipinski definition) is 2. The van der Waals surface area contributed by atoms with Crippen LogP contribution in [0.1, 0.15) is 32.3 Å². The molecule has 0 aliphatic heterocycles. The molecule has 4 nitrogen and oxygen atoms in total. The zero-order chi connectivity index (χ0) is 13.6. The Balaban J connectivity index is 2.96. The lowest BCUT2D eigenvalue weighted by molar-refractivity contribution is 0.581. The van der Waals surface area contributed by atoms with E-state index in [-0.39, 0.29) is 6.54 Å². The fourth-order valence-corrected chi connectivity index (χ4v) is 3.22. The Morgan fingerprint density at radius 3 is 2.50 bits per heavy atom. The largest absolute Gasteiger partial charge is 0.329 e. The molecule has 0 radical (unpaired) electrons. The third-order valence-corrected chi connectivity index (χ3v) is 4.85. The van der Waals surface area contributed by atoms with Crippen molar-refractivity contribution in [3.05, 3.63) is 29.8 Å². The molecule has 0 spiro atoms. The smallest absolute Gasteiger partial charge is 0.236 e. The van der Waals surface area contributed by atoms with Crippen molar-refractivity contribution in [2.45, 2.75) is 38.4 Å². The van der Waals surface area contributed by atoms with Crippen molar-refractivity contribution in [3.63, 3.8) is 0 Å². The van der Waals surface area contributed by atoms with Gasteiger partial charge in [0.1, 0.15) is 0 Å². The Bertz CT molecular complexity index is 468. The van der Waals surface area contributed by atoms with E-state index in [1.807, 2.05) is 25.1 Å². The lowest BCUT2D eigenvalue weighted by atomic mass is 10.1. The molecule has 0 heterocycles. The molecular weight excluding hydrogens is 248 g/mol. The number of benzene rings is 1. The normalized spacial score (nSPS) is 13.3. The van der Waals surface area contributed by atoms with E-state index in [0.29, 0.717) is 12.1 Å². The average Bonchev–Trinajstić information content (AvgIpc) is 2.32. The highest BCUT2D eigenvalue weighted by Crippen LogP contribution is 2.20. The van der Waals surface area contributed by atoms with Crippen LogP contribution in [0, 0.1) is 0 Å². The van der Waals surface area contributed by atoms with Gasteiger partial charge in [-0.1, -0.05) is 38.5 Å². The minimum atomic E-state index is -3.39. The first-order valence-corrected chi connectivity index (χ1v) is 7.89. The Kier molecular flexibility index (Phi) is 5.62. The number of aryl methyl sites for hydroxylation is 1. The molecule has 1 unspecified atom stereocenters. The van der Waals surface area contributed by atoms with Gasteiger partial charge >= 0.3 is 0 Å². The molecule has 1 aromatic carbocycles. The van der Waals surface area contributed by atoms with Gasteiger partial charge in [-0.05, 0) is 24.5 Å². The molecule has 3 N–H and O–H groups in total. The van der Waals surface area contributed by atoms with Gasteiger partial charge in [0.05, 0.1) is 10.9 Å². The number of rotatable bonds is 7. The minimum Gasteiger partial charge on any atom is -0.329 e. The molecule has 0 saturated carbocycles. The van der Waals surface area contributed by atoms with Gasteiger partial charge in [0.25, 0.3) is 0 Å². The van der Waals surface area contributed by atoms with Gasteiger partial charge in [0, 0.05) is 6.54 Å². The van der Waals surface area contributed by atoms with Crippen molar-refractivity contribution in [2.75, 3.05) is 11.3 Å². The number of nitrogens with one attached hydrogen (secondary N) is 1. The van der Waals surface area contributed by atoms with Crippen LogP contribution in [0.25, 0.3) is 0 Å². The van der Waals surface area contributed by atoms with Gasteiger partial charge < -0.3 is 5.73 Å². The van der Waals surface area contributed by atoms with E-state index < -0.39 is 15.3 Å². The Morgan fingerprint density at radius 2 is 1.94 bits per heavy atom. The SMILES string of the molecule is CCCc1ccccc1NS(=O)(=O)C(CC)CN. The van der Waals surface area contributed by atoms with Crippen LogP contribution in [0.15, 0.2) is 24.3 Å². The standard InChI is InChI=1S/C13H22N2O2S/c1-3-7-11-8-5-6-9-13(11)15-18(16,17)12(4-2)10-14/h5-6,8-9,12,15H,3-4,7,10,14H2,1-2H3. The number of nitrogens with two attached hydrogens (primary N) is 1. The van der Waals surface area contributed by atoms with Gasteiger partial charge in [-0.3, -0.25) is 4.72 Å². The summed E-state index contributed by atoms with van der Waals surface area (Å²) in [5.41, 5.74) is 7.20. The van der Waals surface area contributed by atoms with Crippen molar-refractivity contribution in [3.8, 4) is 0 Å². The van der Waals surface area contributed by atoms with Crippen LogP contribution in [0.2, 0.25) is 0 Å². The van der Waals surface area contributed by atoms with Crippen LogP contribution in [0.4, 0.5) is 5.69 Å². The van der Waals surface area contributed by atoms with Gasteiger partial charge in [0.15, 0.2) is 0 Å². The molecular formula is C13H22N2O2S. The number of sulfonamides is 1. The van der Waals surface area contributed by atoms with Crippen molar-refractivity contribution in [1.82, 2.24) is 0 Å². The second-order valence-electron chi connectivity index (χ2n) is 4.32. The van der Waals surface area contributed by atoms with Gasteiger partial charge in [-0.2, -0.15) is 0 Å². The Labute approximate surface area is 110 Å². The third kappa shape index (κ3) is 3.71. The molecule has 0 amide bonds. The summed E-state index contributed by atoms with van der Waals surface area (Å²) in [6, 6.07) is 7.50. The van der Waals surface area contributed by atoms with Crippen molar-refractivity contribution >= 4 is 15.7 Å². The fraction of sp³-hybridized carbons (Fsp3) is 0.538. The summed E-state index contributed by atoms with van der Waals surface area (Å²) in [6.45, 7) is 4.04. The summed E-state index contributed by atoms with van der Waals surface area (Å²) in [4.78, 5) is 0. The lowest BCUT2D eigenvalue weighted by Crippen LogP contribution is -2.33.